The number of anilines is 2. The molecule has 0 unspecified atom stereocenters. The highest BCUT2D eigenvalue weighted by atomic mass is 32.2. The van der Waals surface area contributed by atoms with E-state index in [9.17, 15) is 8.42 Å². The minimum Gasteiger partial charge on any atom is -0.384 e. The molecule has 0 aliphatic carbocycles. The van der Waals surface area contributed by atoms with Gasteiger partial charge in [0.25, 0.3) is 0 Å². The van der Waals surface area contributed by atoms with Gasteiger partial charge in [-0.1, -0.05) is 13.0 Å². The molecule has 108 valence electrons. The van der Waals surface area contributed by atoms with Gasteiger partial charge in [-0.2, -0.15) is 0 Å². The van der Waals surface area contributed by atoms with Crippen LogP contribution in [0.2, 0.25) is 0 Å². The van der Waals surface area contributed by atoms with Crippen molar-refractivity contribution in [1.29, 1.82) is 0 Å². The molecule has 19 heavy (non-hydrogen) atoms. The average molecular weight is 284 g/mol. The zero-order valence-electron chi connectivity index (χ0n) is 12.2. The van der Waals surface area contributed by atoms with Crippen LogP contribution in [0, 0.1) is 6.92 Å². The Balaban J connectivity index is 2.62. The first kappa shape index (κ1) is 15.8. The van der Waals surface area contributed by atoms with Gasteiger partial charge in [-0.15, -0.1) is 0 Å². The summed E-state index contributed by atoms with van der Waals surface area (Å²) in [5, 5.41) is 3.18. The molecular formula is C14H24N2O2S. The molecule has 0 bridgehead atoms. The number of nitrogens with one attached hydrogen (secondary N) is 1. The zero-order chi connectivity index (χ0) is 14.5. The number of rotatable bonds is 7. The monoisotopic (exact) mass is 284 g/mol. The fraction of sp³-hybridized carbons (Fsp3) is 0.571. The van der Waals surface area contributed by atoms with Crippen LogP contribution in [-0.4, -0.2) is 40.6 Å². The Morgan fingerprint density at radius 1 is 1.21 bits per heavy atom. The number of benzene rings is 1. The Kier molecular flexibility index (Phi) is 5.66. The predicted molar refractivity (Wildman–Crippen MR) is 82.9 cm³/mol. The van der Waals surface area contributed by atoms with Gasteiger partial charge in [0.1, 0.15) is 0 Å². The van der Waals surface area contributed by atoms with Crippen LogP contribution in [0.25, 0.3) is 0 Å². The van der Waals surface area contributed by atoms with E-state index in [1.54, 1.807) is 0 Å². The van der Waals surface area contributed by atoms with Crippen molar-refractivity contribution in [3.63, 3.8) is 0 Å². The quantitative estimate of drug-likeness (QED) is 0.834. The van der Waals surface area contributed by atoms with E-state index in [1.165, 1.54) is 5.56 Å². The van der Waals surface area contributed by atoms with E-state index in [4.69, 9.17) is 0 Å². The van der Waals surface area contributed by atoms with Crippen molar-refractivity contribution in [3.05, 3.63) is 23.8 Å². The van der Waals surface area contributed by atoms with Crippen LogP contribution in [0.4, 0.5) is 11.4 Å². The van der Waals surface area contributed by atoms with Gasteiger partial charge < -0.3 is 10.2 Å². The van der Waals surface area contributed by atoms with Crippen molar-refractivity contribution in [2.45, 2.75) is 20.3 Å². The lowest BCUT2D eigenvalue weighted by Crippen LogP contribution is -2.18. The summed E-state index contributed by atoms with van der Waals surface area (Å²) >= 11 is 0. The summed E-state index contributed by atoms with van der Waals surface area (Å²) in [6.07, 6.45) is 0.678. The molecule has 0 saturated carbocycles. The molecule has 5 heteroatoms. The Hall–Kier alpha value is -1.23. The molecule has 1 N–H and O–H groups in total. The van der Waals surface area contributed by atoms with Gasteiger partial charge in [-0.25, -0.2) is 8.42 Å². The fourth-order valence-electron chi connectivity index (χ4n) is 1.97. The largest absolute Gasteiger partial charge is 0.384 e. The summed E-state index contributed by atoms with van der Waals surface area (Å²) in [6, 6.07) is 6.06. The highest BCUT2D eigenvalue weighted by molar-refractivity contribution is 7.91. The van der Waals surface area contributed by atoms with Gasteiger partial charge in [0.15, 0.2) is 9.84 Å². The van der Waals surface area contributed by atoms with Crippen molar-refractivity contribution >= 4 is 21.2 Å². The van der Waals surface area contributed by atoms with E-state index in [0.29, 0.717) is 13.0 Å². The molecule has 1 aromatic carbocycles. The highest BCUT2D eigenvalue weighted by Gasteiger charge is 2.09. The summed E-state index contributed by atoms with van der Waals surface area (Å²) in [6.45, 7) is 4.40. The van der Waals surface area contributed by atoms with Crippen molar-refractivity contribution < 1.29 is 8.42 Å². The summed E-state index contributed by atoms with van der Waals surface area (Å²) in [5.41, 5.74) is 3.30. The van der Waals surface area contributed by atoms with E-state index in [2.05, 4.69) is 12.2 Å². The van der Waals surface area contributed by atoms with Crippen molar-refractivity contribution in [1.82, 2.24) is 0 Å². The topological polar surface area (TPSA) is 49.4 Å². The third-order valence-electron chi connectivity index (χ3n) is 2.95. The summed E-state index contributed by atoms with van der Waals surface area (Å²) in [4.78, 5) is 2.05. The number of sulfone groups is 1. The molecule has 1 aromatic rings. The first-order valence-corrected chi connectivity index (χ1v) is 8.40. The Labute approximate surface area is 116 Å². The third-order valence-corrected chi connectivity index (χ3v) is 4.80. The minimum atomic E-state index is -2.91. The van der Waals surface area contributed by atoms with Gasteiger partial charge in [0.05, 0.1) is 5.75 Å². The first-order chi connectivity index (χ1) is 8.85. The molecule has 0 spiro atoms. The Bertz CT molecular complexity index is 510. The summed E-state index contributed by atoms with van der Waals surface area (Å²) < 4.78 is 23.2. The van der Waals surface area contributed by atoms with Crippen molar-refractivity contribution in [2.24, 2.45) is 0 Å². The lowest BCUT2D eigenvalue weighted by molar-refractivity contribution is 0.595. The van der Waals surface area contributed by atoms with E-state index in [1.807, 2.05) is 44.1 Å². The molecule has 0 aromatic heterocycles. The van der Waals surface area contributed by atoms with Gasteiger partial charge in [0, 0.05) is 37.8 Å². The predicted octanol–water partition coefficient (Wildman–Crippen LogP) is 2.30. The van der Waals surface area contributed by atoms with Gasteiger partial charge >= 0.3 is 0 Å². The third kappa shape index (κ3) is 5.11. The number of nitrogens with zero attached hydrogens (tertiary/aromatic N) is 1. The van der Waals surface area contributed by atoms with Crippen molar-refractivity contribution in [3.8, 4) is 0 Å². The SMILES string of the molecule is CCCS(=O)(=O)CCNc1ccc(C)c(N(C)C)c1. The van der Waals surface area contributed by atoms with Crippen LogP contribution in [0.1, 0.15) is 18.9 Å². The molecule has 0 aliphatic heterocycles. The second kappa shape index (κ2) is 6.80. The maximum absolute atomic E-state index is 11.6. The minimum absolute atomic E-state index is 0.187. The maximum atomic E-state index is 11.6. The lowest BCUT2D eigenvalue weighted by atomic mass is 10.1. The summed E-state index contributed by atoms with van der Waals surface area (Å²) in [7, 11) is 1.09. The maximum Gasteiger partial charge on any atom is 0.152 e. The summed E-state index contributed by atoms with van der Waals surface area (Å²) in [5.74, 6) is 0.456. The van der Waals surface area contributed by atoms with Crippen LogP contribution < -0.4 is 10.2 Å². The number of hydrogen-bond donors (Lipinski definition) is 1. The van der Waals surface area contributed by atoms with E-state index >= 15 is 0 Å². The van der Waals surface area contributed by atoms with E-state index in [0.717, 1.165) is 11.4 Å². The lowest BCUT2D eigenvalue weighted by Gasteiger charge is -2.17. The van der Waals surface area contributed by atoms with Gasteiger partial charge in [-0.05, 0) is 31.0 Å². The van der Waals surface area contributed by atoms with Crippen LogP contribution in [-0.2, 0) is 9.84 Å². The molecule has 0 fully saturated rings. The molecule has 0 aliphatic rings. The van der Waals surface area contributed by atoms with Crippen molar-refractivity contribution in [2.75, 3.05) is 42.4 Å². The molecule has 0 radical (unpaired) electrons. The molecule has 0 saturated heterocycles. The molecule has 0 atom stereocenters. The molecule has 4 nitrogen and oxygen atoms in total. The van der Waals surface area contributed by atoms with Crippen LogP contribution >= 0.6 is 0 Å². The molecule has 0 heterocycles. The van der Waals surface area contributed by atoms with Crippen LogP contribution in [0.5, 0.6) is 0 Å². The van der Waals surface area contributed by atoms with Gasteiger partial charge in [0.2, 0.25) is 0 Å². The molecule has 1 rings (SSSR count). The molecule has 0 amide bonds. The second-order valence-corrected chi connectivity index (χ2v) is 7.28. The first-order valence-electron chi connectivity index (χ1n) is 6.58. The second-order valence-electron chi connectivity index (χ2n) is 4.97. The number of hydrogen-bond acceptors (Lipinski definition) is 4. The Morgan fingerprint density at radius 3 is 2.47 bits per heavy atom. The standard InChI is InChI=1S/C14H24N2O2S/c1-5-9-19(17,18)10-8-15-13-7-6-12(2)14(11-13)16(3)4/h6-7,11,15H,5,8-10H2,1-4H3. The normalized spacial score (nSPS) is 11.4. The fourth-order valence-corrected chi connectivity index (χ4v) is 3.20. The van der Waals surface area contributed by atoms with E-state index < -0.39 is 9.84 Å². The average Bonchev–Trinajstić information content (AvgIpc) is 2.30. The molecular weight excluding hydrogens is 260 g/mol. The zero-order valence-corrected chi connectivity index (χ0v) is 13.0. The Morgan fingerprint density at radius 2 is 1.89 bits per heavy atom. The van der Waals surface area contributed by atoms with Crippen LogP contribution in [0.3, 0.4) is 0 Å². The van der Waals surface area contributed by atoms with E-state index in [-0.39, 0.29) is 11.5 Å². The van der Waals surface area contributed by atoms with Gasteiger partial charge in [-0.3, -0.25) is 0 Å². The number of aryl methyl sites for hydroxylation is 1. The smallest absolute Gasteiger partial charge is 0.152 e. The highest BCUT2D eigenvalue weighted by Crippen LogP contribution is 2.22. The van der Waals surface area contributed by atoms with Crippen LogP contribution in [0.15, 0.2) is 18.2 Å².